The van der Waals surface area contributed by atoms with E-state index < -0.39 is 18.1 Å². The molecule has 160 valence electrons. The number of carbonyl (C=O) groups excluding carboxylic acids is 1. The van der Waals surface area contributed by atoms with Crippen LogP contribution in [-0.2, 0) is 20.9 Å². The molecular formula is C26H21NO5. The number of phenols is 1. The van der Waals surface area contributed by atoms with Gasteiger partial charge in [0.15, 0.2) is 0 Å². The van der Waals surface area contributed by atoms with E-state index in [1.165, 1.54) is 7.11 Å². The predicted octanol–water partition coefficient (Wildman–Crippen LogP) is 4.31. The molecule has 2 atom stereocenters. The molecule has 0 spiro atoms. The first-order chi connectivity index (χ1) is 15.7. The summed E-state index contributed by atoms with van der Waals surface area (Å²) in [6, 6.07) is 18.6. The van der Waals surface area contributed by atoms with Crippen molar-refractivity contribution in [2.45, 2.75) is 18.8 Å². The van der Waals surface area contributed by atoms with Gasteiger partial charge in [-0.25, -0.2) is 9.79 Å². The molecule has 1 aliphatic heterocycles. The van der Waals surface area contributed by atoms with Gasteiger partial charge in [-0.05, 0) is 35.9 Å². The van der Waals surface area contributed by atoms with E-state index in [0.717, 1.165) is 10.9 Å². The summed E-state index contributed by atoms with van der Waals surface area (Å²) in [4.78, 5) is 16.7. The number of carbonyl (C=O) groups is 1. The van der Waals surface area contributed by atoms with E-state index in [-0.39, 0.29) is 11.6 Å². The highest BCUT2D eigenvalue weighted by molar-refractivity contribution is 6.06. The Hall–Kier alpha value is -4.06. The molecule has 3 aromatic carbocycles. The average molecular weight is 427 g/mol. The van der Waals surface area contributed by atoms with Crippen LogP contribution in [0.2, 0.25) is 0 Å². The fraction of sp³-hybridized carbons (Fsp3) is 0.154. The Morgan fingerprint density at radius 3 is 2.72 bits per heavy atom. The largest absolute Gasteiger partial charge is 0.506 e. The fourth-order valence-corrected chi connectivity index (χ4v) is 3.97. The van der Waals surface area contributed by atoms with Gasteiger partial charge in [0, 0.05) is 10.8 Å². The molecule has 1 heterocycles. The van der Waals surface area contributed by atoms with Gasteiger partial charge in [-0.1, -0.05) is 48.5 Å². The molecule has 5 rings (SSSR count). The lowest BCUT2D eigenvalue weighted by Gasteiger charge is -2.18. The molecule has 0 saturated heterocycles. The smallest absolute Gasteiger partial charge is 0.336 e. The molecule has 0 saturated carbocycles. The van der Waals surface area contributed by atoms with Gasteiger partial charge in [0.25, 0.3) is 0 Å². The third kappa shape index (κ3) is 3.50. The summed E-state index contributed by atoms with van der Waals surface area (Å²) in [6.45, 7) is 0.427. The molecule has 0 amide bonds. The molecule has 32 heavy (non-hydrogen) atoms. The number of rotatable bonds is 5. The van der Waals surface area contributed by atoms with E-state index in [1.54, 1.807) is 18.2 Å². The normalized spacial score (nSPS) is 19.0. The van der Waals surface area contributed by atoms with Crippen LogP contribution in [0.3, 0.4) is 0 Å². The second-order valence-electron chi connectivity index (χ2n) is 7.55. The Morgan fingerprint density at radius 2 is 1.91 bits per heavy atom. The van der Waals surface area contributed by atoms with Crippen molar-refractivity contribution >= 4 is 22.6 Å². The summed E-state index contributed by atoms with van der Waals surface area (Å²) < 4.78 is 16.8. The first kappa shape index (κ1) is 19.9. The van der Waals surface area contributed by atoms with E-state index in [0.29, 0.717) is 28.9 Å². The summed E-state index contributed by atoms with van der Waals surface area (Å²) in [5.74, 6) is 0.574. The van der Waals surface area contributed by atoms with E-state index in [9.17, 15) is 9.90 Å². The topological polar surface area (TPSA) is 77.4 Å². The molecule has 0 aromatic heterocycles. The maximum atomic E-state index is 12.1. The van der Waals surface area contributed by atoms with Crippen molar-refractivity contribution in [1.82, 2.24) is 0 Å². The van der Waals surface area contributed by atoms with Crippen LogP contribution in [0.25, 0.3) is 10.8 Å². The number of allylic oxidation sites excluding steroid dienone is 2. The minimum Gasteiger partial charge on any atom is -0.506 e. The average Bonchev–Trinajstić information content (AvgIpc) is 3.27. The lowest BCUT2D eigenvalue weighted by atomic mass is 9.97. The number of esters is 1. The molecule has 0 fully saturated rings. The van der Waals surface area contributed by atoms with Crippen LogP contribution in [0, 0.1) is 0 Å². The van der Waals surface area contributed by atoms with Crippen LogP contribution >= 0.6 is 0 Å². The van der Waals surface area contributed by atoms with Crippen LogP contribution in [0.5, 0.6) is 11.5 Å². The predicted molar refractivity (Wildman–Crippen MR) is 121 cm³/mol. The fourth-order valence-electron chi connectivity index (χ4n) is 3.97. The minimum atomic E-state index is -0.502. The number of aromatic hydroxyl groups is 1. The summed E-state index contributed by atoms with van der Waals surface area (Å²) in [5, 5.41) is 12.5. The van der Waals surface area contributed by atoms with Crippen LogP contribution < -0.4 is 4.74 Å². The molecule has 0 radical (unpaired) electrons. The standard InChI is InChI=1S/C26H21NO5/c1-30-26(29)19-10-6-12-22-23(19)27-25(32-22)20-14-13-17-18(24(20)28)9-5-11-21(17)31-15-16-7-3-2-4-8-16/h2-14,22-23,28H,15H2,1H3. The summed E-state index contributed by atoms with van der Waals surface area (Å²) in [5.41, 5.74) is 1.95. The van der Waals surface area contributed by atoms with E-state index in [4.69, 9.17) is 14.2 Å². The maximum Gasteiger partial charge on any atom is 0.336 e. The second-order valence-corrected chi connectivity index (χ2v) is 7.55. The van der Waals surface area contributed by atoms with Crippen molar-refractivity contribution in [3.63, 3.8) is 0 Å². The Bertz CT molecular complexity index is 1280. The van der Waals surface area contributed by atoms with E-state index in [1.807, 2.05) is 60.7 Å². The van der Waals surface area contributed by atoms with Gasteiger partial charge in [-0.2, -0.15) is 0 Å². The Kier molecular flexibility index (Phi) is 5.11. The molecule has 1 aliphatic carbocycles. The first-order valence-electron chi connectivity index (χ1n) is 10.3. The van der Waals surface area contributed by atoms with E-state index in [2.05, 4.69) is 4.99 Å². The maximum absolute atomic E-state index is 12.1. The van der Waals surface area contributed by atoms with Crippen LogP contribution in [0.1, 0.15) is 11.1 Å². The van der Waals surface area contributed by atoms with Crippen LogP contribution in [0.4, 0.5) is 0 Å². The summed E-state index contributed by atoms with van der Waals surface area (Å²) in [6.07, 6.45) is 4.85. The van der Waals surface area contributed by atoms with Gasteiger partial charge in [-0.15, -0.1) is 0 Å². The Labute approximate surface area is 185 Å². The van der Waals surface area contributed by atoms with Crippen molar-refractivity contribution in [3.05, 3.63) is 95.6 Å². The number of phenolic OH excluding ortho intramolecular Hbond substituents is 1. The molecule has 3 aromatic rings. The molecule has 2 aliphatic rings. The first-order valence-corrected chi connectivity index (χ1v) is 10.3. The highest BCUT2D eigenvalue weighted by atomic mass is 16.5. The molecule has 6 nitrogen and oxygen atoms in total. The highest BCUT2D eigenvalue weighted by Gasteiger charge is 2.38. The summed E-state index contributed by atoms with van der Waals surface area (Å²) in [7, 11) is 1.34. The zero-order chi connectivity index (χ0) is 22.1. The lowest BCUT2D eigenvalue weighted by molar-refractivity contribution is -0.136. The van der Waals surface area contributed by atoms with Crippen LogP contribution in [-0.4, -0.2) is 36.2 Å². The number of hydrogen-bond acceptors (Lipinski definition) is 6. The third-order valence-electron chi connectivity index (χ3n) is 5.59. The van der Waals surface area contributed by atoms with Crippen molar-refractivity contribution < 1.29 is 24.1 Å². The lowest BCUT2D eigenvalue weighted by Crippen LogP contribution is -2.28. The highest BCUT2D eigenvalue weighted by Crippen LogP contribution is 2.37. The molecule has 2 unspecified atom stereocenters. The van der Waals surface area contributed by atoms with Gasteiger partial charge in [0.2, 0.25) is 5.90 Å². The van der Waals surface area contributed by atoms with E-state index >= 15 is 0 Å². The van der Waals surface area contributed by atoms with Gasteiger partial charge in [0.05, 0.1) is 18.2 Å². The van der Waals surface area contributed by atoms with Crippen LogP contribution in [0.15, 0.2) is 89.5 Å². The molecule has 0 bridgehead atoms. The zero-order valence-corrected chi connectivity index (χ0v) is 17.4. The monoisotopic (exact) mass is 427 g/mol. The molecule has 6 heteroatoms. The molecule has 1 N–H and O–H groups in total. The number of nitrogens with zero attached hydrogens (tertiary/aromatic N) is 1. The minimum absolute atomic E-state index is 0.0534. The van der Waals surface area contributed by atoms with Crippen molar-refractivity contribution in [2.24, 2.45) is 4.99 Å². The SMILES string of the molecule is COC(=O)C1=CC=CC2OC(c3ccc4c(OCc5ccccc5)cccc4c3O)=NC12. The number of fused-ring (bicyclic) bond motifs is 2. The third-order valence-corrected chi connectivity index (χ3v) is 5.59. The number of hydrogen-bond donors (Lipinski definition) is 1. The second kappa shape index (κ2) is 8.23. The Balaban J connectivity index is 1.46. The van der Waals surface area contributed by atoms with Gasteiger partial charge in [-0.3, -0.25) is 0 Å². The Morgan fingerprint density at radius 1 is 1.06 bits per heavy atom. The summed E-state index contributed by atoms with van der Waals surface area (Å²) >= 11 is 0. The number of aliphatic imine (C=N–C) groups is 1. The van der Waals surface area contributed by atoms with Crippen molar-refractivity contribution in [2.75, 3.05) is 7.11 Å². The number of benzene rings is 3. The van der Waals surface area contributed by atoms with Gasteiger partial charge < -0.3 is 19.3 Å². The van der Waals surface area contributed by atoms with Gasteiger partial charge in [0.1, 0.15) is 30.3 Å². The van der Waals surface area contributed by atoms with Crippen molar-refractivity contribution in [1.29, 1.82) is 0 Å². The number of ether oxygens (including phenoxy) is 3. The molecular weight excluding hydrogens is 406 g/mol. The van der Waals surface area contributed by atoms with Gasteiger partial charge >= 0.3 is 5.97 Å². The quantitative estimate of drug-likeness (QED) is 0.614. The zero-order valence-electron chi connectivity index (χ0n) is 17.4. The number of methoxy groups -OCH3 is 1. The van der Waals surface area contributed by atoms with Crippen molar-refractivity contribution in [3.8, 4) is 11.5 Å².